The van der Waals surface area contributed by atoms with Gasteiger partial charge in [0.2, 0.25) is 5.60 Å². The fourth-order valence-electron chi connectivity index (χ4n) is 4.71. The number of halogens is 2. The van der Waals surface area contributed by atoms with Crippen molar-refractivity contribution in [3.05, 3.63) is 89.0 Å². The summed E-state index contributed by atoms with van der Waals surface area (Å²) in [5, 5.41) is 7.48. The third-order valence-electron chi connectivity index (χ3n) is 7.28. The van der Waals surface area contributed by atoms with E-state index in [1.165, 1.54) is 11.6 Å². The number of hydrogen-bond donors (Lipinski definition) is 1. The predicted molar refractivity (Wildman–Crippen MR) is 153 cm³/mol. The lowest BCUT2D eigenvalue weighted by atomic mass is 9.91. The van der Waals surface area contributed by atoms with Gasteiger partial charge in [0.15, 0.2) is 6.29 Å². The molecule has 1 fully saturated rings. The summed E-state index contributed by atoms with van der Waals surface area (Å²) in [7, 11) is 4.00. The maximum atomic E-state index is 13.1. The molecule has 0 bridgehead atoms. The van der Waals surface area contributed by atoms with Crippen molar-refractivity contribution in [1.82, 2.24) is 9.80 Å². The number of benzene rings is 3. The minimum atomic E-state index is -0.926. The van der Waals surface area contributed by atoms with Crippen LogP contribution in [0.25, 0.3) is 11.1 Å². The lowest BCUT2D eigenvalue weighted by molar-refractivity contribution is -0.154. The molecule has 1 atom stereocenters. The van der Waals surface area contributed by atoms with Gasteiger partial charge in [0.25, 0.3) is 5.91 Å². The highest BCUT2D eigenvalue weighted by Gasteiger charge is 2.45. The van der Waals surface area contributed by atoms with E-state index in [0.717, 1.165) is 66.4 Å². The number of amides is 1. The van der Waals surface area contributed by atoms with Crippen LogP contribution in [0.1, 0.15) is 34.8 Å². The first-order valence-corrected chi connectivity index (χ1v) is 13.2. The van der Waals surface area contributed by atoms with Gasteiger partial charge in [0, 0.05) is 50.9 Å². The molecule has 2 aliphatic heterocycles. The number of anilines is 1. The fraction of sp³-hybridized carbons (Fsp3) is 0.323. The Hall–Kier alpha value is -4.11. The van der Waals surface area contributed by atoms with Crippen LogP contribution in [0.3, 0.4) is 0 Å². The minimum Gasteiger partial charge on any atom is -0.388 e. The second-order valence-corrected chi connectivity index (χ2v) is 10.2. The molecule has 1 saturated heterocycles. The van der Waals surface area contributed by atoms with Gasteiger partial charge in [-0.25, -0.2) is 8.78 Å². The van der Waals surface area contributed by atoms with Crippen molar-refractivity contribution in [3.8, 4) is 11.1 Å². The number of carbonyl (C=O) groups excluding carboxylic acids is 2. The molecule has 0 aliphatic carbocycles. The summed E-state index contributed by atoms with van der Waals surface area (Å²) in [6.07, 6.45) is 0.643. The summed E-state index contributed by atoms with van der Waals surface area (Å²) < 4.78 is 24.8. The van der Waals surface area contributed by atoms with Gasteiger partial charge in [-0.1, -0.05) is 35.5 Å². The van der Waals surface area contributed by atoms with Gasteiger partial charge in [-0.2, -0.15) is 0 Å². The van der Waals surface area contributed by atoms with Gasteiger partial charge in [0.1, 0.15) is 11.6 Å². The molecular formula is C31H34F2N4O3. The smallest absolute Gasteiger partial charge is 0.269 e. The molecule has 1 unspecified atom stereocenters. The van der Waals surface area contributed by atoms with Gasteiger partial charge >= 0.3 is 0 Å². The quantitative estimate of drug-likeness (QED) is 0.447. The average Bonchev–Trinajstić information content (AvgIpc) is 3.37. The highest BCUT2D eigenvalue weighted by molar-refractivity contribution is 6.06. The standard InChI is InChI=1S/C24H30N4O2.C7H4F2O/c1-17-5-6-19(15-21(17)18-7-9-20(25-3)10-8-18)22-16-24(2,30-26-22)23(29)28-13-11-27(4)12-14-28;8-6-2-1-3-7(9)5(6)4-10/h5-10,15,25H,11-14,16H2,1-4H3;1-4H. The Balaban J connectivity index is 0.000000312. The minimum absolute atomic E-state index is 0.0318. The van der Waals surface area contributed by atoms with Crippen molar-refractivity contribution in [2.45, 2.75) is 25.9 Å². The lowest BCUT2D eigenvalue weighted by Gasteiger charge is -2.36. The number of aldehydes is 1. The number of piperazine rings is 1. The van der Waals surface area contributed by atoms with Crippen LogP contribution >= 0.6 is 0 Å². The van der Waals surface area contributed by atoms with Crippen molar-refractivity contribution in [2.75, 3.05) is 45.6 Å². The van der Waals surface area contributed by atoms with Crippen molar-refractivity contribution in [1.29, 1.82) is 0 Å². The highest BCUT2D eigenvalue weighted by Crippen LogP contribution is 2.32. The zero-order valence-corrected chi connectivity index (χ0v) is 23.2. The van der Waals surface area contributed by atoms with E-state index >= 15 is 0 Å². The van der Waals surface area contributed by atoms with Crippen molar-refractivity contribution < 1.29 is 23.2 Å². The molecule has 40 heavy (non-hydrogen) atoms. The molecule has 0 spiro atoms. The molecule has 3 aromatic rings. The number of nitrogens with one attached hydrogen (secondary N) is 1. The summed E-state index contributed by atoms with van der Waals surface area (Å²) in [6.45, 7) is 7.23. The van der Waals surface area contributed by atoms with E-state index in [2.05, 4.69) is 71.8 Å². The third-order valence-corrected chi connectivity index (χ3v) is 7.28. The van der Waals surface area contributed by atoms with E-state index in [4.69, 9.17) is 4.84 Å². The van der Waals surface area contributed by atoms with E-state index in [0.29, 0.717) is 6.42 Å². The molecule has 2 aliphatic rings. The van der Waals surface area contributed by atoms with Crippen LogP contribution in [0, 0.1) is 18.6 Å². The van der Waals surface area contributed by atoms with Gasteiger partial charge in [-0.15, -0.1) is 0 Å². The number of likely N-dealkylation sites (N-methyl/N-ethyl adjacent to an activating group) is 1. The number of aryl methyl sites for hydroxylation is 1. The molecule has 0 aromatic heterocycles. The lowest BCUT2D eigenvalue weighted by Crippen LogP contribution is -2.54. The summed E-state index contributed by atoms with van der Waals surface area (Å²) in [5.74, 6) is -1.62. The maximum absolute atomic E-state index is 13.1. The molecule has 0 saturated carbocycles. The van der Waals surface area contributed by atoms with E-state index in [1.807, 2.05) is 18.9 Å². The first-order chi connectivity index (χ1) is 19.1. The number of rotatable bonds is 5. The molecule has 7 nitrogen and oxygen atoms in total. The number of nitrogens with zero attached hydrogens (tertiary/aromatic N) is 3. The Kier molecular flexibility index (Phi) is 8.94. The van der Waals surface area contributed by atoms with Crippen molar-refractivity contribution in [3.63, 3.8) is 0 Å². The monoisotopic (exact) mass is 548 g/mol. The predicted octanol–water partition coefficient (Wildman–Crippen LogP) is 5.14. The van der Waals surface area contributed by atoms with Crippen molar-refractivity contribution in [2.24, 2.45) is 5.16 Å². The second kappa shape index (κ2) is 12.4. The molecule has 9 heteroatoms. The maximum Gasteiger partial charge on any atom is 0.269 e. The van der Waals surface area contributed by atoms with Gasteiger partial charge in [0.05, 0.1) is 11.3 Å². The number of oxime groups is 1. The van der Waals surface area contributed by atoms with Crippen LogP contribution < -0.4 is 5.32 Å². The molecule has 2 heterocycles. The summed E-state index contributed by atoms with van der Waals surface area (Å²) in [6, 6.07) is 18.0. The van der Waals surface area contributed by atoms with E-state index in [1.54, 1.807) is 0 Å². The average molecular weight is 549 g/mol. The third kappa shape index (κ3) is 6.37. The topological polar surface area (TPSA) is 74.2 Å². The second-order valence-electron chi connectivity index (χ2n) is 10.2. The van der Waals surface area contributed by atoms with Crippen LogP contribution in [0.5, 0.6) is 0 Å². The molecule has 210 valence electrons. The van der Waals surface area contributed by atoms with E-state index in [9.17, 15) is 18.4 Å². The van der Waals surface area contributed by atoms with E-state index in [-0.39, 0.29) is 12.2 Å². The Morgan fingerprint density at radius 1 is 1.00 bits per heavy atom. The fourth-order valence-corrected chi connectivity index (χ4v) is 4.71. The first kappa shape index (κ1) is 28.9. The molecule has 0 radical (unpaired) electrons. The first-order valence-electron chi connectivity index (χ1n) is 13.2. The Morgan fingerprint density at radius 2 is 1.62 bits per heavy atom. The molecular weight excluding hydrogens is 514 g/mol. The largest absolute Gasteiger partial charge is 0.388 e. The van der Waals surface area contributed by atoms with Gasteiger partial charge in [-0.3, -0.25) is 9.59 Å². The number of carbonyl (C=O) groups is 2. The zero-order valence-electron chi connectivity index (χ0n) is 23.2. The van der Waals surface area contributed by atoms with Crippen LogP contribution in [0.4, 0.5) is 14.5 Å². The highest BCUT2D eigenvalue weighted by atomic mass is 19.1. The Morgan fingerprint density at radius 3 is 2.20 bits per heavy atom. The van der Waals surface area contributed by atoms with Crippen LogP contribution in [-0.2, 0) is 9.63 Å². The van der Waals surface area contributed by atoms with Crippen LogP contribution in [0.15, 0.2) is 65.8 Å². The van der Waals surface area contributed by atoms with Crippen LogP contribution in [-0.4, -0.2) is 73.6 Å². The SMILES string of the molecule is CNc1ccc(-c2cc(C3=NOC(C)(C(=O)N4CCN(C)CC4)C3)ccc2C)cc1.O=Cc1c(F)cccc1F. The van der Waals surface area contributed by atoms with Gasteiger partial charge in [-0.05, 0) is 67.9 Å². The zero-order chi connectivity index (χ0) is 28.9. The van der Waals surface area contributed by atoms with E-state index < -0.39 is 22.8 Å². The van der Waals surface area contributed by atoms with Crippen molar-refractivity contribution >= 4 is 23.6 Å². The molecule has 3 aromatic carbocycles. The molecule has 1 amide bonds. The Labute approximate surface area is 233 Å². The molecule has 5 rings (SSSR count). The molecule has 1 N–H and O–H groups in total. The summed E-state index contributed by atoms with van der Waals surface area (Å²) >= 11 is 0. The van der Waals surface area contributed by atoms with Gasteiger partial charge < -0.3 is 20.0 Å². The van der Waals surface area contributed by atoms with Crippen LogP contribution in [0.2, 0.25) is 0 Å². The summed E-state index contributed by atoms with van der Waals surface area (Å²) in [4.78, 5) is 33.0. The normalized spacial score (nSPS) is 18.8. The Bertz CT molecular complexity index is 1380. The number of hydrogen-bond acceptors (Lipinski definition) is 6. The summed E-state index contributed by atoms with van der Waals surface area (Å²) in [5.41, 5.74) is 5.00.